The third kappa shape index (κ3) is 2.10. The van der Waals surface area contributed by atoms with Crippen LogP contribution in [0.2, 0.25) is 0 Å². The number of aryl methyl sites for hydroxylation is 1. The molecule has 1 heterocycles. The van der Waals surface area contributed by atoms with Crippen LogP contribution in [0.4, 0.5) is 0 Å². The van der Waals surface area contributed by atoms with Gasteiger partial charge >= 0.3 is 0 Å². The van der Waals surface area contributed by atoms with E-state index < -0.39 is 0 Å². The standard InChI is InChI=1S/C12H11BrN2O2/c1-7-10(6-16)12(15-14-7)9-5-8(13)3-4-11(9)17-2/h3-6H,1-2H3,(H,14,15). The number of nitrogens with one attached hydrogen (secondary N) is 1. The molecule has 0 fully saturated rings. The summed E-state index contributed by atoms with van der Waals surface area (Å²) < 4.78 is 6.18. The molecule has 0 radical (unpaired) electrons. The second-order valence-corrected chi connectivity index (χ2v) is 4.49. The largest absolute Gasteiger partial charge is 0.496 e. The molecule has 2 rings (SSSR count). The molecule has 17 heavy (non-hydrogen) atoms. The molecule has 1 aromatic heterocycles. The number of nitrogens with zero attached hydrogens (tertiary/aromatic N) is 1. The second kappa shape index (κ2) is 4.71. The predicted molar refractivity (Wildman–Crippen MR) is 68.4 cm³/mol. The summed E-state index contributed by atoms with van der Waals surface area (Å²) in [6.45, 7) is 1.81. The van der Waals surface area contributed by atoms with Crippen molar-refractivity contribution in [1.82, 2.24) is 10.2 Å². The minimum Gasteiger partial charge on any atom is -0.496 e. The number of ether oxygens (including phenoxy) is 1. The molecule has 4 nitrogen and oxygen atoms in total. The summed E-state index contributed by atoms with van der Waals surface area (Å²) in [7, 11) is 1.59. The van der Waals surface area contributed by atoms with Crippen molar-refractivity contribution in [2.75, 3.05) is 7.11 Å². The van der Waals surface area contributed by atoms with Gasteiger partial charge in [0.05, 0.1) is 12.7 Å². The van der Waals surface area contributed by atoms with Crippen molar-refractivity contribution in [1.29, 1.82) is 0 Å². The van der Waals surface area contributed by atoms with Gasteiger partial charge in [-0.1, -0.05) is 15.9 Å². The Hall–Kier alpha value is -1.62. The Morgan fingerprint density at radius 1 is 1.47 bits per heavy atom. The van der Waals surface area contributed by atoms with Crippen LogP contribution in [-0.4, -0.2) is 23.6 Å². The van der Waals surface area contributed by atoms with E-state index in [1.165, 1.54) is 0 Å². The van der Waals surface area contributed by atoms with Crippen molar-refractivity contribution in [3.05, 3.63) is 33.9 Å². The normalized spacial score (nSPS) is 10.3. The fourth-order valence-corrected chi connectivity index (χ4v) is 2.01. The van der Waals surface area contributed by atoms with Gasteiger partial charge in [-0.15, -0.1) is 0 Å². The van der Waals surface area contributed by atoms with E-state index in [1.807, 2.05) is 25.1 Å². The first-order chi connectivity index (χ1) is 8.17. The number of carbonyl (C=O) groups excluding carboxylic acids is 1. The van der Waals surface area contributed by atoms with E-state index in [2.05, 4.69) is 26.1 Å². The number of aldehydes is 1. The first-order valence-electron chi connectivity index (χ1n) is 5.01. The molecule has 0 saturated heterocycles. The van der Waals surface area contributed by atoms with E-state index in [9.17, 15) is 4.79 Å². The van der Waals surface area contributed by atoms with Gasteiger partial charge in [-0.25, -0.2) is 0 Å². The highest BCUT2D eigenvalue weighted by molar-refractivity contribution is 9.10. The van der Waals surface area contributed by atoms with Crippen LogP contribution < -0.4 is 4.74 Å². The summed E-state index contributed by atoms with van der Waals surface area (Å²) in [4.78, 5) is 11.1. The smallest absolute Gasteiger partial charge is 0.154 e. The zero-order chi connectivity index (χ0) is 12.4. The van der Waals surface area contributed by atoms with E-state index >= 15 is 0 Å². The van der Waals surface area contributed by atoms with Crippen molar-refractivity contribution in [3.63, 3.8) is 0 Å². The molecule has 0 unspecified atom stereocenters. The second-order valence-electron chi connectivity index (χ2n) is 3.57. The SMILES string of the molecule is COc1ccc(Br)cc1-c1n[nH]c(C)c1C=O. The lowest BCUT2D eigenvalue weighted by Crippen LogP contribution is -1.91. The van der Waals surface area contributed by atoms with Gasteiger partial charge in [0.25, 0.3) is 0 Å². The van der Waals surface area contributed by atoms with Gasteiger partial charge in [-0.2, -0.15) is 5.10 Å². The molecule has 0 aliphatic rings. The summed E-state index contributed by atoms with van der Waals surface area (Å²) in [5.41, 5.74) is 2.70. The minimum absolute atomic E-state index is 0.557. The van der Waals surface area contributed by atoms with Crippen molar-refractivity contribution < 1.29 is 9.53 Å². The number of hydrogen-bond acceptors (Lipinski definition) is 3. The summed E-state index contributed by atoms with van der Waals surface area (Å²) >= 11 is 3.39. The zero-order valence-corrected chi connectivity index (χ0v) is 11.0. The van der Waals surface area contributed by atoms with Crippen LogP contribution in [0.1, 0.15) is 16.1 Å². The molecule has 0 aliphatic carbocycles. The van der Waals surface area contributed by atoms with E-state index in [4.69, 9.17) is 4.74 Å². The van der Waals surface area contributed by atoms with Gasteiger partial charge in [0.1, 0.15) is 11.4 Å². The Labute approximate surface area is 107 Å². The van der Waals surface area contributed by atoms with Gasteiger partial charge in [0.15, 0.2) is 6.29 Å². The molecular formula is C12H11BrN2O2. The quantitative estimate of drug-likeness (QED) is 0.886. The highest BCUT2D eigenvalue weighted by Crippen LogP contribution is 2.33. The maximum Gasteiger partial charge on any atom is 0.154 e. The van der Waals surface area contributed by atoms with Crippen molar-refractivity contribution in [2.45, 2.75) is 6.92 Å². The molecule has 1 N–H and O–H groups in total. The van der Waals surface area contributed by atoms with Gasteiger partial charge in [0.2, 0.25) is 0 Å². The topological polar surface area (TPSA) is 55.0 Å². The number of benzene rings is 1. The Morgan fingerprint density at radius 3 is 2.88 bits per heavy atom. The van der Waals surface area contributed by atoms with Gasteiger partial charge in [-0.05, 0) is 25.1 Å². The molecule has 0 atom stereocenters. The van der Waals surface area contributed by atoms with Crippen molar-refractivity contribution in [3.8, 4) is 17.0 Å². The summed E-state index contributed by atoms with van der Waals surface area (Å²) in [6.07, 6.45) is 0.800. The van der Waals surface area contributed by atoms with Gasteiger partial charge in [-0.3, -0.25) is 9.89 Å². The van der Waals surface area contributed by atoms with Crippen LogP contribution in [0.25, 0.3) is 11.3 Å². The third-order valence-electron chi connectivity index (χ3n) is 2.53. The number of H-pyrrole nitrogens is 1. The molecule has 1 aromatic carbocycles. The highest BCUT2D eigenvalue weighted by Gasteiger charge is 2.15. The summed E-state index contributed by atoms with van der Waals surface area (Å²) in [5.74, 6) is 0.683. The molecule has 0 spiro atoms. The van der Waals surface area contributed by atoms with Crippen molar-refractivity contribution >= 4 is 22.2 Å². The van der Waals surface area contributed by atoms with E-state index in [-0.39, 0.29) is 0 Å². The first kappa shape index (κ1) is 11.9. The fourth-order valence-electron chi connectivity index (χ4n) is 1.65. The number of carbonyl (C=O) groups is 1. The van der Waals surface area contributed by atoms with Crippen LogP contribution in [0, 0.1) is 6.92 Å². The molecule has 0 amide bonds. The number of hydrogen-bond donors (Lipinski definition) is 1. The van der Waals surface area contributed by atoms with Gasteiger partial charge < -0.3 is 4.74 Å². The molecule has 0 aliphatic heterocycles. The van der Waals surface area contributed by atoms with Gasteiger partial charge in [0, 0.05) is 15.7 Å². The number of aromatic nitrogens is 2. The third-order valence-corrected chi connectivity index (χ3v) is 3.02. The average Bonchev–Trinajstić information content (AvgIpc) is 2.70. The molecule has 0 bridgehead atoms. The lowest BCUT2D eigenvalue weighted by atomic mass is 10.1. The number of aromatic amines is 1. The van der Waals surface area contributed by atoms with E-state index in [0.29, 0.717) is 17.0 Å². The Balaban J connectivity index is 2.66. The van der Waals surface area contributed by atoms with Crippen LogP contribution in [0.3, 0.4) is 0 Å². The Bertz CT molecular complexity index is 564. The lowest BCUT2D eigenvalue weighted by molar-refractivity contribution is 0.112. The van der Waals surface area contributed by atoms with Crippen LogP contribution in [0.15, 0.2) is 22.7 Å². The van der Waals surface area contributed by atoms with E-state index in [1.54, 1.807) is 7.11 Å². The first-order valence-corrected chi connectivity index (χ1v) is 5.80. The van der Waals surface area contributed by atoms with Crippen LogP contribution in [-0.2, 0) is 0 Å². The summed E-state index contributed by atoms with van der Waals surface area (Å²) in [5, 5.41) is 6.95. The summed E-state index contributed by atoms with van der Waals surface area (Å²) in [6, 6.07) is 5.59. The number of methoxy groups -OCH3 is 1. The van der Waals surface area contributed by atoms with Crippen LogP contribution >= 0.6 is 15.9 Å². The fraction of sp³-hybridized carbons (Fsp3) is 0.167. The highest BCUT2D eigenvalue weighted by atomic mass is 79.9. The van der Waals surface area contributed by atoms with E-state index in [0.717, 1.165) is 22.0 Å². The molecular weight excluding hydrogens is 284 g/mol. The lowest BCUT2D eigenvalue weighted by Gasteiger charge is -2.07. The minimum atomic E-state index is 0.557. The molecule has 2 aromatic rings. The number of rotatable bonds is 3. The maximum atomic E-state index is 11.1. The Kier molecular flexibility index (Phi) is 3.28. The monoisotopic (exact) mass is 294 g/mol. The molecule has 88 valence electrons. The zero-order valence-electron chi connectivity index (χ0n) is 9.45. The average molecular weight is 295 g/mol. The maximum absolute atomic E-state index is 11.1. The molecule has 5 heteroatoms. The Morgan fingerprint density at radius 2 is 2.24 bits per heavy atom. The number of halogens is 1. The van der Waals surface area contributed by atoms with Crippen LogP contribution in [0.5, 0.6) is 5.75 Å². The predicted octanol–water partition coefficient (Wildman–Crippen LogP) is 2.97. The molecule has 0 saturated carbocycles. The van der Waals surface area contributed by atoms with Crippen molar-refractivity contribution in [2.24, 2.45) is 0 Å².